The number of piperidine rings is 1. The Bertz CT molecular complexity index is 1190. The minimum Gasteiger partial charge on any atom is -0.598 e. The molecule has 2 aliphatic rings. The van der Waals surface area contributed by atoms with Crippen molar-refractivity contribution in [3.05, 3.63) is 66.2 Å². The summed E-state index contributed by atoms with van der Waals surface area (Å²) in [6, 6.07) is 14.3. The number of rotatable bonds is 7. The van der Waals surface area contributed by atoms with Crippen molar-refractivity contribution in [2.45, 2.75) is 85.6 Å². The predicted molar refractivity (Wildman–Crippen MR) is 137 cm³/mol. The van der Waals surface area contributed by atoms with E-state index in [4.69, 9.17) is 4.74 Å². The number of halogens is 2. The molecule has 0 aliphatic carbocycles. The number of sulfone groups is 1. The maximum absolute atomic E-state index is 16.3. The van der Waals surface area contributed by atoms with E-state index >= 15 is 8.78 Å². The van der Waals surface area contributed by atoms with Gasteiger partial charge >= 0.3 is 11.3 Å². The quantitative estimate of drug-likeness (QED) is 0.494. The molecular weight excluding hydrogens is 522 g/mol. The van der Waals surface area contributed by atoms with Crippen molar-refractivity contribution in [2.75, 3.05) is 0 Å². The Kier molecular flexibility index (Phi) is 7.64. The molecule has 2 aromatic rings. The summed E-state index contributed by atoms with van der Waals surface area (Å²) in [5.74, 6) is 0. The van der Waals surface area contributed by atoms with Gasteiger partial charge in [0.1, 0.15) is 16.9 Å². The Hall–Kier alpha value is -2.21. The molecule has 2 aromatic carbocycles. The van der Waals surface area contributed by atoms with Crippen molar-refractivity contribution >= 4 is 27.3 Å². The van der Waals surface area contributed by atoms with E-state index in [1.54, 1.807) is 26.8 Å². The highest BCUT2D eigenvalue weighted by atomic mass is 32.2. The Balaban J connectivity index is 1.65. The van der Waals surface area contributed by atoms with Gasteiger partial charge in [0.15, 0.2) is 0 Å². The maximum Gasteiger partial charge on any atom is 0.410 e. The summed E-state index contributed by atoms with van der Waals surface area (Å²) in [6.07, 6.45) is -0.567. The van der Waals surface area contributed by atoms with E-state index in [0.29, 0.717) is 12.8 Å². The third kappa shape index (κ3) is 5.23. The van der Waals surface area contributed by atoms with Crippen molar-refractivity contribution in [3.63, 3.8) is 0 Å². The van der Waals surface area contributed by atoms with Gasteiger partial charge in [0.25, 0.3) is 0 Å². The second kappa shape index (κ2) is 10.2. The molecule has 1 unspecified atom stereocenters. The number of nitrogens with one attached hydrogen (secondary N) is 1. The number of hydrogen-bond donors (Lipinski definition) is 1. The lowest BCUT2D eigenvalue weighted by Crippen LogP contribution is -2.70. The molecule has 4 rings (SSSR count). The summed E-state index contributed by atoms with van der Waals surface area (Å²) in [5, 5.41) is -4.30. The highest BCUT2D eigenvalue weighted by Crippen LogP contribution is 2.51. The van der Waals surface area contributed by atoms with Gasteiger partial charge in [0, 0.05) is 23.4 Å². The van der Waals surface area contributed by atoms with Crippen molar-refractivity contribution in [2.24, 2.45) is 0 Å². The van der Waals surface area contributed by atoms with Crippen LogP contribution < -0.4 is 4.72 Å². The first-order valence-corrected chi connectivity index (χ1v) is 14.8. The molecular formula is C26H32F2N2O5S2. The van der Waals surface area contributed by atoms with Crippen LogP contribution in [0.25, 0.3) is 0 Å². The molecule has 0 radical (unpaired) electrons. The van der Waals surface area contributed by atoms with Crippen LogP contribution in [0.15, 0.2) is 65.6 Å². The summed E-state index contributed by atoms with van der Waals surface area (Å²) >= 11 is -1.99. The van der Waals surface area contributed by atoms with Gasteiger partial charge in [-0.1, -0.05) is 48.5 Å². The average molecular weight is 555 g/mol. The second-order valence-electron chi connectivity index (χ2n) is 10.6. The largest absolute Gasteiger partial charge is 0.598 e. The number of ether oxygens (including phenoxy) is 1. The van der Waals surface area contributed by atoms with Crippen LogP contribution in [0.2, 0.25) is 0 Å². The number of carbonyl (C=O) groups is 1. The molecule has 0 spiro atoms. The Morgan fingerprint density at radius 2 is 1.57 bits per heavy atom. The number of benzene rings is 2. The molecule has 1 N–H and O–H groups in total. The SMILES string of the molecule is CC(C)(C)[S+]([O-])N[C@@]1(C(F)(F)S(=O)(=O)c2ccccc2)C[C@H]2CC[C@@H](C1)N2C(=O)OCc1ccccc1. The molecule has 1 amide bonds. The number of fused-ring (bicyclic) bond motifs is 2. The van der Waals surface area contributed by atoms with Crippen molar-refractivity contribution in [1.29, 1.82) is 0 Å². The van der Waals surface area contributed by atoms with E-state index in [9.17, 15) is 17.8 Å². The van der Waals surface area contributed by atoms with Crippen LogP contribution in [0.4, 0.5) is 13.6 Å². The highest BCUT2D eigenvalue weighted by Gasteiger charge is 2.70. The molecule has 2 fully saturated rings. The van der Waals surface area contributed by atoms with Gasteiger partial charge in [-0.15, -0.1) is 4.72 Å². The topological polar surface area (TPSA) is 98.8 Å². The molecule has 7 nitrogen and oxygen atoms in total. The van der Waals surface area contributed by atoms with Crippen molar-refractivity contribution in [3.8, 4) is 0 Å². The number of nitrogens with zero attached hydrogens (tertiary/aromatic N) is 1. The van der Waals surface area contributed by atoms with E-state index < -0.39 is 59.8 Å². The zero-order valence-electron chi connectivity index (χ0n) is 21.0. The Morgan fingerprint density at radius 3 is 2.08 bits per heavy atom. The van der Waals surface area contributed by atoms with E-state index in [2.05, 4.69) is 4.72 Å². The van der Waals surface area contributed by atoms with Crippen LogP contribution in [-0.4, -0.2) is 51.6 Å². The third-order valence-electron chi connectivity index (χ3n) is 7.00. The minimum atomic E-state index is -5.16. The molecule has 37 heavy (non-hydrogen) atoms. The van der Waals surface area contributed by atoms with Crippen LogP contribution >= 0.6 is 0 Å². The van der Waals surface area contributed by atoms with Crippen molar-refractivity contribution in [1.82, 2.24) is 9.62 Å². The molecule has 0 saturated carbocycles. The highest BCUT2D eigenvalue weighted by molar-refractivity contribution is 7.93. The fourth-order valence-electron chi connectivity index (χ4n) is 5.06. The predicted octanol–water partition coefficient (Wildman–Crippen LogP) is 4.81. The fraction of sp³-hybridized carbons (Fsp3) is 0.500. The van der Waals surface area contributed by atoms with Gasteiger partial charge in [-0.2, -0.15) is 8.78 Å². The number of alkyl halides is 2. The molecule has 2 saturated heterocycles. The average Bonchev–Trinajstić information content (AvgIpc) is 3.13. The second-order valence-corrected chi connectivity index (χ2v) is 14.6. The molecule has 2 heterocycles. The molecule has 2 bridgehead atoms. The molecule has 202 valence electrons. The van der Waals surface area contributed by atoms with Gasteiger partial charge in [-0.25, -0.2) is 13.2 Å². The van der Waals surface area contributed by atoms with Gasteiger partial charge in [-0.3, -0.25) is 0 Å². The van der Waals surface area contributed by atoms with Gasteiger partial charge in [-0.05, 0) is 64.2 Å². The van der Waals surface area contributed by atoms with E-state index in [1.807, 2.05) is 30.3 Å². The van der Waals surface area contributed by atoms with Gasteiger partial charge in [0.05, 0.1) is 4.90 Å². The van der Waals surface area contributed by atoms with Crippen LogP contribution in [0.5, 0.6) is 0 Å². The number of hydrogen-bond acceptors (Lipinski definition) is 6. The van der Waals surface area contributed by atoms with Gasteiger partial charge in [0.2, 0.25) is 9.84 Å². The first kappa shape index (κ1) is 27.8. The molecule has 4 atom stereocenters. The minimum absolute atomic E-state index is 0.0333. The first-order chi connectivity index (χ1) is 17.3. The lowest BCUT2D eigenvalue weighted by Gasteiger charge is -2.49. The van der Waals surface area contributed by atoms with Crippen LogP contribution in [0.3, 0.4) is 0 Å². The Morgan fingerprint density at radius 1 is 1.05 bits per heavy atom. The number of amides is 1. The summed E-state index contributed by atoms with van der Waals surface area (Å²) in [6.45, 7) is 4.90. The van der Waals surface area contributed by atoms with Crippen LogP contribution in [-0.2, 0) is 32.5 Å². The lowest BCUT2D eigenvalue weighted by atomic mass is 9.84. The summed E-state index contributed by atoms with van der Waals surface area (Å²) < 4.78 is 79.5. The van der Waals surface area contributed by atoms with E-state index in [-0.39, 0.29) is 19.4 Å². The first-order valence-electron chi connectivity index (χ1n) is 12.1. The van der Waals surface area contributed by atoms with Gasteiger partial charge < -0.3 is 14.2 Å². The summed E-state index contributed by atoms with van der Waals surface area (Å²) in [5.41, 5.74) is -1.56. The smallest absolute Gasteiger partial charge is 0.410 e. The maximum atomic E-state index is 16.3. The van der Waals surface area contributed by atoms with E-state index in [1.165, 1.54) is 17.0 Å². The molecule has 11 heteroatoms. The normalized spacial score (nSPS) is 25.1. The fourth-order valence-corrected chi connectivity index (χ4v) is 7.62. The summed E-state index contributed by atoms with van der Waals surface area (Å²) in [4.78, 5) is 13.9. The van der Waals surface area contributed by atoms with E-state index in [0.717, 1.165) is 17.7 Å². The summed E-state index contributed by atoms with van der Waals surface area (Å²) in [7, 11) is -5.16. The third-order valence-corrected chi connectivity index (χ3v) is 10.6. The monoisotopic (exact) mass is 554 g/mol. The molecule has 0 aromatic heterocycles. The zero-order chi connectivity index (χ0) is 27.1. The zero-order valence-corrected chi connectivity index (χ0v) is 22.7. The standard InChI is InChI=1S/C26H32F2N2O5S2/c1-24(2,3)36(32)29-25(26(27,28)37(33,34)22-12-8-5-9-13-22)16-20-14-15-21(17-25)30(20)23(31)35-18-19-10-6-4-7-11-19/h4-13,20-21,29H,14-18H2,1-3H3/t20-,21+,25+,36?. The number of carbonyl (C=O) groups excluding carboxylic acids is 1. The molecule has 2 aliphatic heterocycles. The van der Waals surface area contributed by atoms with Crippen LogP contribution in [0, 0.1) is 0 Å². The van der Waals surface area contributed by atoms with Crippen molar-refractivity contribution < 1.29 is 31.3 Å². The lowest BCUT2D eigenvalue weighted by molar-refractivity contribution is -0.0535. The van der Waals surface area contributed by atoms with Crippen LogP contribution in [0.1, 0.15) is 52.0 Å². The Labute approximate surface area is 219 Å².